The summed E-state index contributed by atoms with van der Waals surface area (Å²) in [6, 6.07) is 1.30. The number of unbranched alkanes of at least 4 members (excludes halogenated alkanes) is 22. The highest BCUT2D eigenvalue weighted by molar-refractivity contribution is 7.19. The second kappa shape index (κ2) is 24.4. The number of hydrogen-bond donors (Lipinski definition) is 0. The van der Waals surface area contributed by atoms with E-state index in [1.165, 1.54) is 154 Å². The van der Waals surface area contributed by atoms with Crippen LogP contribution in [0.4, 0.5) is 0 Å². The molecule has 3 heteroatoms. The average molecular weight is 480 g/mol. The van der Waals surface area contributed by atoms with Gasteiger partial charge in [-0.3, -0.25) is 0 Å². The fraction of sp³-hybridized carbons (Fsp3) is 1.00. The third-order valence-corrected chi connectivity index (χ3v) is 8.78. The molecule has 0 heterocycles. The molecule has 0 nitrogen and oxygen atoms in total. The number of hydrogen-bond acceptors (Lipinski definition) is 0. The second-order valence-corrected chi connectivity index (χ2v) is 17.7. The SMILES string of the molecule is C[Si](C)(Cl)CCCCCCCCCCCCCCCCCCCCCCCCCCl. The van der Waals surface area contributed by atoms with Crippen LogP contribution in [0.25, 0.3) is 0 Å². The zero-order valence-corrected chi connectivity index (χ0v) is 23.4. The quantitative estimate of drug-likeness (QED) is 0.0528. The Balaban J connectivity index is 3.02. The molecular weight excluding hydrogens is 423 g/mol. The van der Waals surface area contributed by atoms with Crippen molar-refractivity contribution in [2.24, 2.45) is 0 Å². The first kappa shape index (κ1) is 30.8. The third kappa shape index (κ3) is 28.8. The van der Waals surface area contributed by atoms with Gasteiger partial charge in [-0.05, 0) is 12.5 Å². The van der Waals surface area contributed by atoms with Gasteiger partial charge in [-0.2, -0.15) is 11.1 Å². The molecule has 0 atom stereocenters. The normalized spacial score (nSPS) is 12.0. The lowest BCUT2D eigenvalue weighted by molar-refractivity contribution is 0.519. The van der Waals surface area contributed by atoms with E-state index in [0.29, 0.717) is 0 Å². The van der Waals surface area contributed by atoms with Crippen molar-refractivity contribution in [2.75, 3.05) is 5.88 Å². The smallest absolute Gasteiger partial charge is 0.150 e. The molecular formula is C27H56Cl2Si. The van der Waals surface area contributed by atoms with Crippen LogP contribution in [0.5, 0.6) is 0 Å². The van der Waals surface area contributed by atoms with Gasteiger partial charge in [-0.15, -0.1) is 11.6 Å². The van der Waals surface area contributed by atoms with E-state index in [4.69, 9.17) is 22.7 Å². The van der Waals surface area contributed by atoms with E-state index in [0.717, 1.165) is 5.88 Å². The van der Waals surface area contributed by atoms with Gasteiger partial charge < -0.3 is 0 Å². The van der Waals surface area contributed by atoms with Crippen molar-refractivity contribution in [3.05, 3.63) is 0 Å². The molecule has 0 aromatic carbocycles. The van der Waals surface area contributed by atoms with Crippen LogP contribution in [-0.4, -0.2) is 13.3 Å². The Morgan fingerprint density at radius 1 is 0.367 bits per heavy atom. The van der Waals surface area contributed by atoms with Gasteiger partial charge in [0.05, 0.1) is 0 Å². The molecule has 0 N–H and O–H groups in total. The number of rotatable bonds is 25. The van der Waals surface area contributed by atoms with Gasteiger partial charge in [0.25, 0.3) is 0 Å². The van der Waals surface area contributed by atoms with E-state index < -0.39 is 7.38 Å². The molecule has 0 amide bonds. The molecule has 0 saturated carbocycles. The molecule has 182 valence electrons. The van der Waals surface area contributed by atoms with E-state index in [9.17, 15) is 0 Å². The van der Waals surface area contributed by atoms with Gasteiger partial charge in [0.2, 0.25) is 0 Å². The Hall–Kier alpha value is 0.797. The zero-order valence-electron chi connectivity index (χ0n) is 20.9. The van der Waals surface area contributed by atoms with Crippen molar-refractivity contribution in [2.45, 2.75) is 167 Å². The Labute approximate surface area is 202 Å². The van der Waals surface area contributed by atoms with Crippen LogP contribution in [-0.2, 0) is 0 Å². The van der Waals surface area contributed by atoms with Gasteiger partial charge in [0.1, 0.15) is 7.38 Å². The molecule has 0 rings (SSSR count). The maximum atomic E-state index is 6.37. The molecule has 0 aromatic rings. The molecule has 0 aliphatic heterocycles. The standard InChI is InChI=1S/C27H56Cl2Si/c1-30(2,29)27-25-23-21-19-17-15-13-11-9-7-5-3-4-6-8-10-12-14-16-18-20-22-24-26-28/h3-27H2,1-2H3. The Bertz CT molecular complexity index is 314. The highest BCUT2D eigenvalue weighted by atomic mass is 35.6. The van der Waals surface area contributed by atoms with Crippen molar-refractivity contribution in [1.29, 1.82) is 0 Å². The zero-order chi connectivity index (χ0) is 22.2. The first-order chi connectivity index (χ1) is 14.6. The van der Waals surface area contributed by atoms with Crippen LogP contribution in [0, 0.1) is 0 Å². The third-order valence-electron chi connectivity index (χ3n) is 6.40. The summed E-state index contributed by atoms with van der Waals surface area (Å²) in [6.45, 7) is 4.54. The average Bonchev–Trinajstić information content (AvgIpc) is 2.70. The van der Waals surface area contributed by atoms with Crippen molar-refractivity contribution >= 4 is 30.1 Å². The summed E-state index contributed by atoms with van der Waals surface area (Å²) in [6.07, 6.45) is 33.0. The van der Waals surface area contributed by atoms with Crippen molar-refractivity contribution in [3.63, 3.8) is 0 Å². The number of alkyl halides is 1. The van der Waals surface area contributed by atoms with E-state index in [1.807, 2.05) is 0 Å². The first-order valence-corrected chi connectivity index (χ1v) is 18.6. The van der Waals surface area contributed by atoms with Crippen LogP contribution < -0.4 is 0 Å². The summed E-state index contributed by atoms with van der Waals surface area (Å²) in [5.41, 5.74) is 0. The van der Waals surface area contributed by atoms with Crippen LogP contribution in [0.2, 0.25) is 19.1 Å². The minimum absolute atomic E-state index is 0.843. The molecule has 30 heavy (non-hydrogen) atoms. The molecule has 0 spiro atoms. The van der Waals surface area contributed by atoms with Crippen molar-refractivity contribution in [1.82, 2.24) is 0 Å². The molecule has 0 aliphatic carbocycles. The van der Waals surface area contributed by atoms with Crippen molar-refractivity contribution < 1.29 is 0 Å². The summed E-state index contributed by atoms with van der Waals surface area (Å²) in [5, 5.41) is 0. The summed E-state index contributed by atoms with van der Waals surface area (Å²) in [4.78, 5) is 0. The van der Waals surface area contributed by atoms with Gasteiger partial charge in [0, 0.05) is 5.88 Å². The lowest BCUT2D eigenvalue weighted by Crippen LogP contribution is -2.14. The molecule has 0 bridgehead atoms. The fourth-order valence-electron chi connectivity index (χ4n) is 4.35. The highest BCUT2D eigenvalue weighted by Crippen LogP contribution is 2.20. The lowest BCUT2D eigenvalue weighted by atomic mass is 10.0. The molecule has 0 radical (unpaired) electrons. The Kier molecular flexibility index (Phi) is 25.1. The van der Waals surface area contributed by atoms with Gasteiger partial charge in [-0.1, -0.05) is 154 Å². The maximum absolute atomic E-state index is 6.37. The second-order valence-electron chi connectivity index (χ2n) is 10.3. The van der Waals surface area contributed by atoms with Crippen molar-refractivity contribution in [3.8, 4) is 0 Å². The van der Waals surface area contributed by atoms with Gasteiger partial charge >= 0.3 is 0 Å². The predicted molar refractivity (Wildman–Crippen MR) is 145 cm³/mol. The van der Waals surface area contributed by atoms with Crippen LogP contribution in [0.15, 0.2) is 0 Å². The van der Waals surface area contributed by atoms with Crippen LogP contribution >= 0.6 is 22.7 Å². The fourth-order valence-corrected chi connectivity index (χ4v) is 6.03. The maximum Gasteiger partial charge on any atom is 0.150 e. The number of halogens is 2. The highest BCUT2D eigenvalue weighted by Gasteiger charge is 2.15. The summed E-state index contributed by atoms with van der Waals surface area (Å²) >= 11 is 12.1. The monoisotopic (exact) mass is 478 g/mol. The van der Waals surface area contributed by atoms with E-state index >= 15 is 0 Å². The van der Waals surface area contributed by atoms with E-state index in [1.54, 1.807) is 0 Å². The summed E-state index contributed by atoms with van der Waals surface area (Å²) < 4.78 is 0. The molecule has 0 aliphatic rings. The predicted octanol–water partition coefficient (Wildman–Crippen LogP) is 11.6. The van der Waals surface area contributed by atoms with E-state index in [2.05, 4.69) is 13.1 Å². The first-order valence-electron chi connectivity index (χ1n) is 13.8. The minimum Gasteiger partial charge on any atom is -0.168 e. The van der Waals surface area contributed by atoms with Gasteiger partial charge in [-0.25, -0.2) is 0 Å². The Morgan fingerprint density at radius 3 is 0.767 bits per heavy atom. The van der Waals surface area contributed by atoms with E-state index in [-0.39, 0.29) is 0 Å². The van der Waals surface area contributed by atoms with Crippen LogP contribution in [0.3, 0.4) is 0 Å². The molecule has 0 fully saturated rings. The van der Waals surface area contributed by atoms with Gasteiger partial charge in [0.15, 0.2) is 0 Å². The topological polar surface area (TPSA) is 0 Å². The molecule has 0 aromatic heterocycles. The lowest BCUT2D eigenvalue weighted by Gasteiger charge is -2.11. The Morgan fingerprint density at radius 2 is 0.567 bits per heavy atom. The van der Waals surface area contributed by atoms with Crippen LogP contribution in [0.1, 0.15) is 148 Å². The summed E-state index contributed by atoms with van der Waals surface area (Å²) in [7, 11) is -1.31. The largest absolute Gasteiger partial charge is 0.168 e. The minimum atomic E-state index is -1.31. The summed E-state index contributed by atoms with van der Waals surface area (Å²) in [5.74, 6) is 0.843. The molecule has 0 unspecified atom stereocenters. The molecule has 0 saturated heterocycles.